The summed E-state index contributed by atoms with van der Waals surface area (Å²) >= 11 is 0. The lowest BCUT2D eigenvalue weighted by Crippen LogP contribution is -2.07. The highest BCUT2D eigenvalue weighted by Crippen LogP contribution is 2.29. The van der Waals surface area contributed by atoms with E-state index in [4.69, 9.17) is 14.9 Å². The fourth-order valence-electron chi connectivity index (χ4n) is 3.75. The Balaban J connectivity index is 0.000000216. The number of hydrogen-bond donors (Lipinski definition) is 2. The standard InChI is InChI=1S/C15H11FO4.C15H13FO3/c1-20-15(19)12-8-9(14(17)18)6-7-10(12)11-4-2-3-5-13(11)16;1-19-15(18)13-8-10(9-17)6-7-11(13)12-4-2-3-5-14(12)16/h2-8H,1H3,(H,17,18);2-8,17H,9H2,1H3. The summed E-state index contributed by atoms with van der Waals surface area (Å²) in [7, 11) is 2.44. The van der Waals surface area contributed by atoms with E-state index in [2.05, 4.69) is 4.74 Å². The Kier molecular flexibility index (Phi) is 9.61. The van der Waals surface area contributed by atoms with E-state index in [-0.39, 0.29) is 28.9 Å². The van der Waals surface area contributed by atoms with Crippen LogP contribution in [-0.2, 0) is 16.1 Å². The van der Waals surface area contributed by atoms with E-state index in [1.54, 1.807) is 36.4 Å². The molecule has 7 nitrogen and oxygen atoms in total. The van der Waals surface area contributed by atoms with Gasteiger partial charge in [0.2, 0.25) is 0 Å². The van der Waals surface area contributed by atoms with Crippen molar-refractivity contribution < 1.29 is 42.9 Å². The van der Waals surface area contributed by atoms with E-state index < -0.39 is 29.5 Å². The summed E-state index contributed by atoms with van der Waals surface area (Å²) in [6, 6.07) is 20.8. The van der Waals surface area contributed by atoms with Crippen molar-refractivity contribution in [2.24, 2.45) is 0 Å². The number of esters is 2. The molecule has 0 aliphatic rings. The second-order valence-electron chi connectivity index (χ2n) is 8.05. The molecule has 0 aliphatic carbocycles. The molecule has 9 heteroatoms. The van der Waals surface area contributed by atoms with Crippen LogP contribution in [0.2, 0.25) is 0 Å². The number of methoxy groups -OCH3 is 2. The molecule has 2 N–H and O–H groups in total. The first kappa shape index (κ1) is 28.7. The number of carbonyl (C=O) groups excluding carboxylic acids is 2. The Morgan fingerprint density at radius 2 is 1.13 bits per heavy atom. The number of aliphatic hydroxyl groups excluding tert-OH is 1. The van der Waals surface area contributed by atoms with Gasteiger partial charge in [-0.1, -0.05) is 54.6 Å². The molecule has 0 saturated carbocycles. The van der Waals surface area contributed by atoms with Crippen LogP contribution in [0.15, 0.2) is 84.9 Å². The van der Waals surface area contributed by atoms with Gasteiger partial charge < -0.3 is 19.7 Å². The lowest BCUT2D eigenvalue weighted by molar-refractivity contribution is 0.0592. The molecule has 0 saturated heterocycles. The van der Waals surface area contributed by atoms with E-state index in [1.165, 1.54) is 62.8 Å². The zero-order valence-corrected chi connectivity index (χ0v) is 21.0. The van der Waals surface area contributed by atoms with E-state index in [0.717, 1.165) is 0 Å². The molecule has 0 unspecified atom stereocenters. The van der Waals surface area contributed by atoms with E-state index in [0.29, 0.717) is 22.3 Å². The molecular formula is C30H24F2O7. The van der Waals surface area contributed by atoms with Gasteiger partial charge in [-0.2, -0.15) is 0 Å². The molecule has 200 valence electrons. The van der Waals surface area contributed by atoms with Crippen LogP contribution in [0.1, 0.15) is 36.6 Å². The average Bonchev–Trinajstić information content (AvgIpc) is 2.96. The molecule has 0 aromatic heterocycles. The Bertz CT molecular complexity index is 1520. The maximum atomic E-state index is 13.8. The topological polar surface area (TPSA) is 110 Å². The van der Waals surface area contributed by atoms with Crippen molar-refractivity contribution in [2.75, 3.05) is 14.2 Å². The van der Waals surface area contributed by atoms with Gasteiger partial charge in [-0.15, -0.1) is 0 Å². The van der Waals surface area contributed by atoms with Gasteiger partial charge in [-0.25, -0.2) is 23.2 Å². The minimum absolute atomic E-state index is 0.0116. The van der Waals surface area contributed by atoms with Crippen molar-refractivity contribution in [3.63, 3.8) is 0 Å². The highest BCUT2D eigenvalue weighted by molar-refractivity contribution is 6.00. The smallest absolute Gasteiger partial charge is 0.338 e. The maximum absolute atomic E-state index is 13.8. The van der Waals surface area contributed by atoms with Gasteiger partial charge >= 0.3 is 17.9 Å². The van der Waals surface area contributed by atoms with Gasteiger partial charge in [0.1, 0.15) is 11.6 Å². The van der Waals surface area contributed by atoms with Gasteiger partial charge in [0, 0.05) is 11.1 Å². The highest BCUT2D eigenvalue weighted by Gasteiger charge is 2.19. The lowest BCUT2D eigenvalue weighted by Gasteiger charge is -2.10. The van der Waals surface area contributed by atoms with Crippen LogP contribution in [0.25, 0.3) is 22.3 Å². The van der Waals surface area contributed by atoms with Crippen molar-refractivity contribution in [3.05, 3.63) is 119 Å². The van der Waals surface area contributed by atoms with Crippen LogP contribution in [0.4, 0.5) is 8.78 Å². The highest BCUT2D eigenvalue weighted by atomic mass is 19.1. The number of aromatic carboxylic acids is 1. The van der Waals surface area contributed by atoms with E-state index in [1.807, 2.05) is 0 Å². The number of carbonyl (C=O) groups is 3. The van der Waals surface area contributed by atoms with Gasteiger partial charge in [0.05, 0.1) is 37.5 Å². The summed E-state index contributed by atoms with van der Waals surface area (Å²) in [4.78, 5) is 34.5. The average molecular weight is 535 g/mol. The predicted octanol–water partition coefficient (Wildman–Crippen LogP) is 5.75. The number of carboxylic acid groups (broad SMARTS) is 1. The Labute approximate surface area is 222 Å². The van der Waals surface area contributed by atoms with Crippen LogP contribution < -0.4 is 0 Å². The van der Waals surface area contributed by atoms with E-state index in [9.17, 15) is 23.2 Å². The Hall–Kier alpha value is -4.89. The number of halogens is 2. The van der Waals surface area contributed by atoms with Gasteiger partial charge in [-0.3, -0.25) is 0 Å². The summed E-state index contributed by atoms with van der Waals surface area (Å²) in [6.07, 6.45) is 0. The Morgan fingerprint density at radius 1 is 0.667 bits per heavy atom. The van der Waals surface area contributed by atoms with Crippen LogP contribution in [0.5, 0.6) is 0 Å². The molecule has 0 amide bonds. The third kappa shape index (κ3) is 6.71. The summed E-state index contributed by atoms with van der Waals surface area (Å²) in [5, 5.41) is 18.1. The van der Waals surface area contributed by atoms with Crippen LogP contribution in [-0.4, -0.2) is 42.3 Å². The van der Waals surface area contributed by atoms with Crippen LogP contribution >= 0.6 is 0 Å². The maximum Gasteiger partial charge on any atom is 0.338 e. The number of benzene rings is 4. The first-order valence-electron chi connectivity index (χ1n) is 11.5. The molecule has 39 heavy (non-hydrogen) atoms. The molecule has 0 radical (unpaired) electrons. The van der Waals surface area contributed by atoms with Crippen LogP contribution in [0, 0.1) is 11.6 Å². The van der Waals surface area contributed by atoms with E-state index >= 15 is 0 Å². The minimum atomic E-state index is -1.17. The summed E-state index contributed by atoms with van der Waals surface area (Å²) in [6.45, 7) is -0.193. The predicted molar refractivity (Wildman–Crippen MR) is 139 cm³/mol. The molecule has 4 aromatic rings. The molecule has 0 atom stereocenters. The number of hydrogen-bond acceptors (Lipinski definition) is 6. The summed E-state index contributed by atoms with van der Waals surface area (Å²) in [5.74, 6) is -3.36. The molecule has 4 aromatic carbocycles. The zero-order valence-electron chi connectivity index (χ0n) is 21.0. The third-order valence-electron chi connectivity index (χ3n) is 5.67. The second kappa shape index (κ2) is 13.1. The quantitative estimate of drug-likeness (QED) is 0.303. The largest absolute Gasteiger partial charge is 0.478 e. The molecule has 0 aliphatic heterocycles. The molecule has 0 heterocycles. The first-order chi connectivity index (χ1) is 18.7. The monoisotopic (exact) mass is 534 g/mol. The molecule has 4 rings (SSSR count). The number of aliphatic hydroxyl groups is 1. The molecule has 0 spiro atoms. The third-order valence-corrected chi connectivity index (χ3v) is 5.67. The van der Waals surface area contributed by atoms with Crippen LogP contribution in [0.3, 0.4) is 0 Å². The van der Waals surface area contributed by atoms with Crippen molar-refractivity contribution in [1.29, 1.82) is 0 Å². The minimum Gasteiger partial charge on any atom is -0.478 e. The lowest BCUT2D eigenvalue weighted by atomic mass is 9.97. The second-order valence-corrected chi connectivity index (χ2v) is 8.05. The summed E-state index contributed by atoms with van der Waals surface area (Å²) < 4.78 is 36.9. The molecule has 0 bridgehead atoms. The normalized spacial score (nSPS) is 10.2. The fraction of sp³-hybridized carbons (Fsp3) is 0.100. The SMILES string of the molecule is COC(=O)c1cc(C(=O)O)ccc1-c1ccccc1F.COC(=O)c1cc(CO)ccc1-c1ccccc1F. The number of carboxylic acids is 1. The molecular weight excluding hydrogens is 510 g/mol. The number of ether oxygens (including phenoxy) is 2. The van der Waals surface area contributed by atoms with Gasteiger partial charge in [-0.05, 0) is 47.0 Å². The Morgan fingerprint density at radius 3 is 1.56 bits per heavy atom. The van der Waals surface area contributed by atoms with Gasteiger partial charge in [0.15, 0.2) is 0 Å². The number of rotatable bonds is 6. The van der Waals surface area contributed by atoms with Crippen molar-refractivity contribution in [3.8, 4) is 22.3 Å². The molecule has 0 fully saturated rings. The zero-order chi connectivity index (χ0) is 28.5. The first-order valence-corrected chi connectivity index (χ1v) is 11.5. The van der Waals surface area contributed by atoms with Crippen molar-refractivity contribution in [2.45, 2.75) is 6.61 Å². The van der Waals surface area contributed by atoms with Crippen molar-refractivity contribution >= 4 is 17.9 Å². The van der Waals surface area contributed by atoms with Crippen molar-refractivity contribution in [1.82, 2.24) is 0 Å². The fourth-order valence-corrected chi connectivity index (χ4v) is 3.75. The van der Waals surface area contributed by atoms with Gasteiger partial charge in [0.25, 0.3) is 0 Å². The summed E-state index contributed by atoms with van der Waals surface area (Å²) in [5.41, 5.74) is 2.03.